The van der Waals surface area contributed by atoms with Crippen molar-refractivity contribution in [2.45, 2.75) is 141 Å². The van der Waals surface area contributed by atoms with E-state index in [4.69, 9.17) is 10.5 Å². The summed E-state index contributed by atoms with van der Waals surface area (Å²) >= 11 is 0. The number of phenols is 1. The van der Waals surface area contributed by atoms with E-state index >= 15 is 0 Å². The average molecular weight is 484 g/mol. The lowest BCUT2D eigenvalue weighted by Gasteiger charge is -2.57. The highest BCUT2D eigenvalue weighted by Gasteiger charge is 2.52. The molecule has 0 atom stereocenters. The molecule has 0 aromatic heterocycles. The lowest BCUT2D eigenvalue weighted by molar-refractivity contribution is -0.00639. The van der Waals surface area contributed by atoms with E-state index in [1.165, 1.54) is 128 Å². The number of unbranched alkanes of at least 4 members (excludes halogenated alkanes) is 13. The number of phenolic OH excluding ortho intramolecular Hbond substituents is 1. The topological polar surface area (TPSA) is 55.5 Å². The molecule has 0 saturated heterocycles. The maximum Gasteiger partial charge on any atom is 0.142 e. The van der Waals surface area contributed by atoms with E-state index in [0.717, 1.165) is 36.5 Å². The van der Waals surface area contributed by atoms with Crippen molar-refractivity contribution in [2.75, 3.05) is 12.3 Å². The number of benzene rings is 1. The summed E-state index contributed by atoms with van der Waals surface area (Å²) in [5, 5.41) is 10.3. The van der Waals surface area contributed by atoms with Gasteiger partial charge in [-0.3, -0.25) is 0 Å². The Balaban J connectivity index is 1.13. The Hall–Kier alpha value is -1.38. The molecule has 1 aromatic carbocycles. The standard InChI is InChI=1S/C32H53NO2/c1-2-3-4-5-6-7-8-9-10-11-12-13-14-15-16-35-31-21-30(34)29(33)20-28(31)32-22-25-17-26(23-32)19-27(18-25)24-32/h20-21,25-27,34H,2-19,22-24,33H2,1H3. The smallest absolute Gasteiger partial charge is 0.142 e. The molecule has 4 fully saturated rings. The van der Waals surface area contributed by atoms with Gasteiger partial charge in [-0.2, -0.15) is 0 Å². The van der Waals surface area contributed by atoms with Gasteiger partial charge in [0.05, 0.1) is 12.3 Å². The highest BCUT2D eigenvalue weighted by molar-refractivity contribution is 5.60. The second-order valence-corrected chi connectivity index (χ2v) is 12.5. The lowest BCUT2D eigenvalue weighted by Crippen LogP contribution is -2.48. The predicted molar refractivity (Wildman–Crippen MR) is 148 cm³/mol. The molecular weight excluding hydrogens is 430 g/mol. The second kappa shape index (κ2) is 13.2. The fraction of sp³-hybridized carbons (Fsp3) is 0.812. The monoisotopic (exact) mass is 483 g/mol. The number of rotatable bonds is 17. The fourth-order valence-corrected chi connectivity index (χ4v) is 8.04. The van der Waals surface area contributed by atoms with E-state index in [-0.39, 0.29) is 11.2 Å². The van der Waals surface area contributed by atoms with Crippen molar-refractivity contribution in [3.8, 4) is 11.5 Å². The Morgan fingerprint density at radius 1 is 0.743 bits per heavy atom. The van der Waals surface area contributed by atoms with E-state index in [9.17, 15) is 5.11 Å². The van der Waals surface area contributed by atoms with Crippen LogP contribution in [-0.4, -0.2) is 11.7 Å². The molecule has 4 saturated carbocycles. The SMILES string of the molecule is CCCCCCCCCCCCCCCCOc1cc(O)c(N)cc1C12CC3CC(CC(C3)C1)C2. The summed E-state index contributed by atoms with van der Waals surface area (Å²) in [5.41, 5.74) is 8.24. The highest BCUT2D eigenvalue weighted by Crippen LogP contribution is 2.62. The minimum Gasteiger partial charge on any atom is -0.506 e. The van der Waals surface area contributed by atoms with E-state index < -0.39 is 0 Å². The van der Waals surface area contributed by atoms with Crippen molar-refractivity contribution in [1.82, 2.24) is 0 Å². The van der Waals surface area contributed by atoms with Gasteiger partial charge in [-0.05, 0) is 74.2 Å². The molecule has 0 amide bonds. The summed E-state index contributed by atoms with van der Waals surface area (Å²) in [5.74, 6) is 3.74. The number of aromatic hydroxyl groups is 1. The molecule has 0 heterocycles. The zero-order chi connectivity index (χ0) is 24.5. The Bertz CT molecular complexity index is 738. The van der Waals surface area contributed by atoms with Crippen molar-refractivity contribution in [3.05, 3.63) is 17.7 Å². The number of ether oxygens (including phenoxy) is 1. The van der Waals surface area contributed by atoms with Crippen LogP contribution >= 0.6 is 0 Å². The van der Waals surface area contributed by atoms with Crippen LogP contribution in [0.2, 0.25) is 0 Å². The van der Waals surface area contributed by atoms with Gasteiger partial charge in [-0.25, -0.2) is 0 Å². The van der Waals surface area contributed by atoms with Gasteiger partial charge in [-0.15, -0.1) is 0 Å². The van der Waals surface area contributed by atoms with Crippen LogP contribution in [0, 0.1) is 17.8 Å². The molecule has 4 bridgehead atoms. The molecule has 0 aliphatic heterocycles. The summed E-state index contributed by atoms with van der Waals surface area (Å²) in [6.07, 6.45) is 27.3. The van der Waals surface area contributed by atoms with Crippen LogP contribution in [0.3, 0.4) is 0 Å². The maximum atomic E-state index is 10.3. The normalized spacial score (nSPS) is 26.9. The minimum absolute atomic E-state index is 0.175. The molecule has 3 nitrogen and oxygen atoms in total. The lowest BCUT2D eigenvalue weighted by atomic mass is 9.48. The predicted octanol–water partition coefficient (Wildman–Crippen LogP) is 9.30. The van der Waals surface area contributed by atoms with Crippen LogP contribution in [0.5, 0.6) is 11.5 Å². The van der Waals surface area contributed by atoms with E-state index in [1.54, 1.807) is 0 Å². The van der Waals surface area contributed by atoms with Crippen LogP contribution in [0.25, 0.3) is 0 Å². The third kappa shape index (κ3) is 7.32. The Kier molecular flexibility index (Phi) is 10.1. The quantitative estimate of drug-likeness (QED) is 0.132. The molecule has 4 aliphatic carbocycles. The number of nitrogen functional groups attached to an aromatic ring is 1. The van der Waals surface area contributed by atoms with Crippen molar-refractivity contribution < 1.29 is 9.84 Å². The maximum absolute atomic E-state index is 10.3. The van der Waals surface area contributed by atoms with Crippen molar-refractivity contribution in [1.29, 1.82) is 0 Å². The molecule has 5 rings (SSSR count). The number of hydrogen-bond acceptors (Lipinski definition) is 3. The fourth-order valence-electron chi connectivity index (χ4n) is 8.04. The summed E-state index contributed by atoms with van der Waals surface area (Å²) in [6.45, 7) is 3.04. The first-order valence-corrected chi connectivity index (χ1v) is 15.4. The van der Waals surface area contributed by atoms with Crippen LogP contribution < -0.4 is 10.5 Å². The summed E-state index contributed by atoms with van der Waals surface area (Å²) < 4.78 is 6.35. The molecule has 0 unspecified atom stereocenters. The number of nitrogens with two attached hydrogens (primary N) is 1. The van der Waals surface area contributed by atoms with Gasteiger partial charge in [0, 0.05) is 11.6 Å². The van der Waals surface area contributed by atoms with Gasteiger partial charge < -0.3 is 15.6 Å². The summed E-state index contributed by atoms with van der Waals surface area (Å²) in [7, 11) is 0. The van der Waals surface area contributed by atoms with Gasteiger partial charge in [0.15, 0.2) is 0 Å². The minimum atomic E-state index is 0.175. The van der Waals surface area contributed by atoms with Crippen molar-refractivity contribution in [3.63, 3.8) is 0 Å². The molecule has 1 aromatic rings. The molecule has 4 aliphatic rings. The van der Waals surface area contributed by atoms with Crippen molar-refractivity contribution in [2.24, 2.45) is 17.8 Å². The highest BCUT2D eigenvalue weighted by atomic mass is 16.5. The number of hydrogen-bond donors (Lipinski definition) is 2. The van der Waals surface area contributed by atoms with Crippen molar-refractivity contribution >= 4 is 5.69 Å². The zero-order valence-electron chi connectivity index (χ0n) is 22.7. The van der Waals surface area contributed by atoms with Crippen LogP contribution in [0.1, 0.15) is 141 Å². The first kappa shape index (κ1) is 26.7. The first-order valence-electron chi connectivity index (χ1n) is 15.4. The number of anilines is 1. The van der Waals surface area contributed by atoms with E-state index in [2.05, 4.69) is 13.0 Å². The van der Waals surface area contributed by atoms with E-state index in [0.29, 0.717) is 5.69 Å². The summed E-state index contributed by atoms with van der Waals surface area (Å²) in [4.78, 5) is 0. The average Bonchev–Trinajstić information content (AvgIpc) is 2.82. The Labute approximate surface area is 215 Å². The Morgan fingerprint density at radius 3 is 1.69 bits per heavy atom. The zero-order valence-corrected chi connectivity index (χ0v) is 22.7. The summed E-state index contributed by atoms with van der Waals surface area (Å²) in [6, 6.07) is 3.87. The first-order chi connectivity index (χ1) is 17.1. The molecule has 0 radical (unpaired) electrons. The molecule has 3 N–H and O–H groups in total. The molecule has 198 valence electrons. The molecule has 35 heavy (non-hydrogen) atoms. The molecule has 3 heteroatoms. The van der Waals surface area contributed by atoms with E-state index in [1.807, 2.05) is 6.07 Å². The second-order valence-electron chi connectivity index (χ2n) is 12.5. The van der Waals surface area contributed by atoms with Gasteiger partial charge >= 0.3 is 0 Å². The van der Waals surface area contributed by atoms with Crippen LogP contribution in [0.15, 0.2) is 12.1 Å². The van der Waals surface area contributed by atoms with Gasteiger partial charge in [0.1, 0.15) is 11.5 Å². The third-order valence-electron chi connectivity index (χ3n) is 9.49. The van der Waals surface area contributed by atoms with Gasteiger partial charge in [-0.1, -0.05) is 90.4 Å². The molecular formula is C32H53NO2. The van der Waals surface area contributed by atoms with Gasteiger partial charge in [0.25, 0.3) is 0 Å². The van der Waals surface area contributed by atoms with Gasteiger partial charge in [0.2, 0.25) is 0 Å². The largest absolute Gasteiger partial charge is 0.506 e. The molecule has 0 spiro atoms. The Morgan fingerprint density at radius 2 is 1.20 bits per heavy atom. The van der Waals surface area contributed by atoms with Crippen LogP contribution in [-0.2, 0) is 5.41 Å². The third-order valence-corrected chi connectivity index (χ3v) is 9.49. The van der Waals surface area contributed by atoms with Crippen LogP contribution in [0.4, 0.5) is 5.69 Å².